The first kappa shape index (κ1) is 19.0. The number of likely N-dealkylation sites (tertiary alicyclic amines) is 1. The highest BCUT2D eigenvalue weighted by molar-refractivity contribution is 5.94. The van der Waals surface area contributed by atoms with Crippen LogP contribution in [0.5, 0.6) is 0 Å². The maximum atomic E-state index is 13.5. The maximum absolute atomic E-state index is 13.5. The van der Waals surface area contributed by atoms with E-state index in [0.717, 1.165) is 18.4 Å². The summed E-state index contributed by atoms with van der Waals surface area (Å²) < 4.78 is 0. The van der Waals surface area contributed by atoms with E-state index in [1.165, 1.54) is 0 Å². The minimum absolute atomic E-state index is 0.119. The summed E-state index contributed by atoms with van der Waals surface area (Å²) in [7, 11) is 0. The number of benzene rings is 1. The molecule has 2 fully saturated rings. The second-order valence-corrected chi connectivity index (χ2v) is 8.33. The van der Waals surface area contributed by atoms with Crippen LogP contribution < -0.4 is 0 Å². The fourth-order valence-corrected chi connectivity index (χ4v) is 4.98. The molecule has 0 spiro atoms. The van der Waals surface area contributed by atoms with Crippen molar-refractivity contribution in [2.75, 3.05) is 0 Å². The molecule has 148 valence electrons. The molecule has 2 heterocycles. The number of aliphatic hydroxyl groups is 2. The van der Waals surface area contributed by atoms with Gasteiger partial charge in [0.1, 0.15) is 5.82 Å². The highest BCUT2D eigenvalue weighted by Gasteiger charge is 2.57. The fraction of sp³-hybridized carbons (Fsp3) is 0.500. The molecule has 6 heteroatoms. The molecule has 2 N–H and O–H groups in total. The number of aromatic nitrogens is 2. The number of hydrogen-bond donors (Lipinski definition) is 2. The third-order valence-corrected chi connectivity index (χ3v) is 6.53. The number of carbonyl (C=O) groups excluding carboxylic acids is 1. The van der Waals surface area contributed by atoms with Gasteiger partial charge >= 0.3 is 0 Å². The van der Waals surface area contributed by atoms with Crippen LogP contribution in [0, 0.1) is 12.3 Å². The lowest BCUT2D eigenvalue weighted by atomic mass is 9.74. The Morgan fingerprint density at radius 2 is 1.82 bits per heavy atom. The molecule has 0 bridgehead atoms. The second-order valence-electron chi connectivity index (χ2n) is 8.33. The molecule has 2 aliphatic rings. The van der Waals surface area contributed by atoms with Crippen LogP contribution >= 0.6 is 0 Å². The van der Waals surface area contributed by atoms with E-state index in [1.807, 2.05) is 42.2 Å². The summed E-state index contributed by atoms with van der Waals surface area (Å²) in [6.07, 6.45) is 4.22. The number of aliphatic hydroxyl groups excluding tert-OH is 2. The summed E-state index contributed by atoms with van der Waals surface area (Å²) >= 11 is 0. The van der Waals surface area contributed by atoms with Crippen molar-refractivity contribution in [1.29, 1.82) is 0 Å². The van der Waals surface area contributed by atoms with Crippen LogP contribution in [0.15, 0.2) is 42.7 Å². The molecule has 1 aromatic heterocycles. The van der Waals surface area contributed by atoms with Gasteiger partial charge < -0.3 is 15.1 Å². The SMILES string of the molecule is Cc1ncc(C(=O)N2[C@@H](c3ccccc3)C[C@@]3(C)[C@@H](O)[C@@H](O)CCC[C@@H]23)cn1. The van der Waals surface area contributed by atoms with Gasteiger partial charge in [0.05, 0.1) is 23.8 Å². The highest BCUT2D eigenvalue weighted by Crippen LogP contribution is 2.53. The van der Waals surface area contributed by atoms with E-state index >= 15 is 0 Å². The van der Waals surface area contributed by atoms with E-state index in [9.17, 15) is 15.0 Å². The Hall–Kier alpha value is -2.31. The summed E-state index contributed by atoms with van der Waals surface area (Å²) in [5.74, 6) is 0.501. The molecule has 0 radical (unpaired) electrons. The molecule has 1 aliphatic heterocycles. The van der Waals surface area contributed by atoms with Crippen molar-refractivity contribution in [1.82, 2.24) is 14.9 Å². The molecule has 6 nitrogen and oxygen atoms in total. The van der Waals surface area contributed by atoms with Gasteiger partial charge in [0.25, 0.3) is 5.91 Å². The first-order valence-corrected chi connectivity index (χ1v) is 9.94. The molecule has 1 amide bonds. The minimum atomic E-state index is -0.863. The van der Waals surface area contributed by atoms with Crippen LogP contribution in [0.25, 0.3) is 0 Å². The van der Waals surface area contributed by atoms with E-state index < -0.39 is 17.6 Å². The summed E-state index contributed by atoms with van der Waals surface area (Å²) in [6.45, 7) is 3.79. The van der Waals surface area contributed by atoms with Crippen LogP contribution in [-0.4, -0.2) is 49.2 Å². The lowest BCUT2D eigenvalue weighted by Gasteiger charge is -2.38. The monoisotopic (exact) mass is 381 g/mol. The summed E-state index contributed by atoms with van der Waals surface area (Å²) in [4.78, 5) is 23.8. The number of rotatable bonds is 2. The van der Waals surface area contributed by atoms with Crippen molar-refractivity contribution in [3.05, 3.63) is 59.7 Å². The van der Waals surface area contributed by atoms with Gasteiger partial charge in [0.2, 0.25) is 0 Å². The third-order valence-electron chi connectivity index (χ3n) is 6.53. The van der Waals surface area contributed by atoms with Crippen molar-refractivity contribution in [2.24, 2.45) is 5.41 Å². The smallest absolute Gasteiger partial charge is 0.257 e. The molecule has 0 unspecified atom stereocenters. The minimum Gasteiger partial charge on any atom is -0.390 e. The van der Waals surface area contributed by atoms with Crippen LogP contribution in [-0.2, 0) is 0 Å². The number of fused-ring (bicyclic) bond motifs is 1. The Balaban J connectivity index is 1.79. The number of aryl methyl sites for hydroxylation is 1. The fourth-order valence-electron chi connectivity index (χ4n) is 4.98. The Labute approximate surface area is 165 Å². The zero-order valence-electron chi connectivity index (χ0n) is 16.3. The normalized spacial score (nSPS) is 32.6. The Kier molecular flexibility index (Phi) is 4.93. The second kappa shape index (κ2) is 7.26. The molecule has 1 saturated heterocycles. The van der Waals surface area contributed by atoms with Crippen molar-refractivity contribution in [3.8, 4) is 0 Å². The molecular formula is C22H27N3O3. The molecule has 1 saturated carbocycles. The van der Waals surface area contributed by atoms with Crippen LogP contribution in [0.2, 0.25) is 0 Å². The van der Waals surface area contributed by atoms with Crippen molar-refractivity contribution < 1.29 is 15.0 Å². The lowest BCUT2D eigenvalue weighted by Crippen LogP contribution is -2.49. The Morgan fingerprint density at radius 1 is 1.14 bits per heavy atom. The van der Waals surface area contributed by atoms with Crippen LogP contribution in [0.4, 0.5) is 0 Å². The van der Waals surface area contributed by atoms with E-state index in [2.05, 4.69) is 9.97 Å². The summed E-state index contributed by atoms with van der Waals surface area (Å²) in [5.41, 5.74) is 0.924. The van der Waals surface area contributed by atoms with Crippen LogP contribution in [0.1, 0.15) is 60.4 Å². The van der Waals surface area contributed by atoms with Gasteiger partial charge in [0, 0.05) is 23.9 Å². The predicted molar refractivity (Wildman–Crippen MR) is 104 cm³/mol. The van der Waals surface area contributed by atoms with Gasteiger partial charge in [-0.3, -0.25) is 4.79 Å². The van der Waals surface area contributed by atoms with E-state index in [0.29, 0.717) is 24.2 Å². The van der Waals surface area contributed by atoms with Crippen LogP contribution in [0.3, 0.4) is 0 Å². The Bertz CT molecular complexity index is 842. The third kappa shape index (κ3) is 3.10. The highest BCUT2D eigenvalue weighted by atomic mass is 16.3. The number of amides is 1. The van der Waals surface area contributed by atoms with Gasteiger partial charge in [-0.15, -0.1) is 0 Å². The van der Waals surface area contributed by atoms with Gasteiger partial charge in [0.15, 0.2) is 0 Å². The molecule has 4 rings (SSSR count). The number of carbonyl (C=O) groups is 1. The van der Waals surface area contributed by atoms with Gasteiger partial charge in [-0.25, -0.2) is 9.97 Å². The predicted octanol–water partition coefficient (Wildman–Crippen LogP) is 2.65. The average Bonchev–Trinajstić information content (AvgIpc) is 2.96. The Morgan fingerprint density at radius 3 is 2.50 bits per heavy atom. The zero-order chi connectivity index (χ0) is 19.9. The quantitative estimate of drug-likeness (QED) is 0.835. The van der Waals surface area contributed by atoms with E-state index in [1.54, 1.807) is 19.3 Å². The van der Waals surface area contributed by atoms with Gasteiger partial charge in [-0.2, -0.15) is 0 Å². The standard InChI is InChI=1S/C22H27N3O3/c1-14-23-12-16(13-24-14)21(28)25-17(15-7-4-3-5-8-15)11-22(2)19(25)10-6-9-18(26)20(22)27/h3-5,7-8,12-13,17-20,26-27H,6,9-11H2,1-2H3/t17-,18+,19-,20+,22-/m1/s1. The summed E-state index contributed by atoms with van der Waals surface area (Å²) in [5, 5.41) is 21.4. The average molecular weight is 381 g/mol. The largest absolute Gasteiger partial charge is 0.390 e. The molecule has 1 aromatic carbocycles. The van der Waals surface area contributed by atoms with Crippen molar-refractivity contribution in [2.45, 2.75) is 63.8 Å². The van der Waals surface area contributed by atoms with Crippen molar-refractivity contribution in [3.63, 3.8) is 0 Å². The van der Waals surface area contributed by atoms with Crippen molar-refractivity contribution >= 4 is 5.91 Å². The first-order valence-electron chi connectivity index (χ1n) is 9.94. The molecule has 28 heavy (non-hydrogen) atoms. The molecule has 2 aromatic rings. The number of nitrogens with zero attached hydrogens (tertiary/aromatic N) is 3. The molecule has 5 atom stereocenters. The van der Waals surface area contributed by atoms with E-state index in [-0.39, 0.29) is 18.0 Å². The topological polar surface area (TPSA) is 86.6 Å². The van der Waals surface area contributed by atoms with Gasteiger partial charge in [-0.05, 0) is 38.2 Å². The maximum Gasteiger partial charge on any atom is 0.257 e. The first-order chi connectivity index (χ1) is 13.4. The molecule has 1 aliphatic carbocycles. The zero-order valence-corrected chi connectivity index (χ0v) is 16.3. The molecular weight excluding hydrogens is 354 g/mol. The lowest BCUT2D eigenvalue weighted by molar-refractivity contribution is -0.0612. The van der Waals surface area contributed by atoms with E-state index in [4.69, 9.17) is 0 Å². The number of hydrogen-bond acceptors (Lipinski definition) is 5. The van der Waals surface area contributed by atoms with Gasteiger partial charge in [-0.1, -0.05) is 37.3 Å². The summed E-state index contributed by atoms with van der Waals surface area (Å²) in [6, 6.07) is 9.62.